The molecule has 0 radical (unpaired) electrons. The summed E-state index contributed by atoms with van der Waals surface area (Å²) < 4.78 is 10.4. The molecule has 1 fully saturated rings. The Morgan fingerprint density at radius 1 is 1.59 bits per heavy atom. The molecule has 0 saturated carbocycles. The second-order valence-corrected chi connectivity index (χ2v) is 4.49. The van der Waals surface area contributed by atoms with Gasteiger partial charge in [-0.25, -0.2) is 0 Å². The number of hydrogen-bond acceptors (Lipinski definition) is 5. The van der Waals surface area contributed by atoms with Crippen LogP contribution in [0.2, 0.25) is 0 Å². The fourth-order valence-corrected chi connectivity index (χ4v) is 2.13. The third-order valence-electron chi connectivity index (χ3n) is 2.37. The Morgan fingerprint density at radius 2 is 2.47 bits per heavy atom. The average Bonchev–Trinajstić information content (AvgIpc) is 2.76. The Balaban J connectivity index is 1.70. The molecule has 2 rings (SSSR count). The quantitative estimate of drug-likeness (QED) is 0.763. The van der Waals surface area contributed by atoms with Crippen molar-refractivity contribution in [3.8, 4) is 0 Å². The van der Waals surface area contributed by atoms with E-state index in [-0.39, 0.29) is 10.8 Å². The molecule has 1 aliphatic heterocycles. The third-order valence-corrected chi connectivity index (χ3v) is 3.09. The standard InChI is InChI=1S/C10H14N2O4S/c13-9(8-5-15-3-4-16-8)11-2-1-7-6-17-10(14)12-7/h6,8H,1-5H2,(H,11,13)(H,12,14). The van der Waals surface area contributed by atoms with E-state index in [0.717, 1.165) is 17.0 Å². The number of nitrogens with one attached hydrogen (secondary N) is 2. The van der Waals surface area contributed by atoms with Gasteiger partial charge in [-0.2, -0.15) is 0 Å². The first-order valence-corrected chi connectivity index (χ1v) is 6.27. The number of H-pyrrole nitrogens is 1. The van der Waals surface area contributed by atoms with Crippen LogP contribution in [-0.2, 0) is 20.7 Å². The van der Waals surface area contributed by atoms with Gasteiger partial charge in [0.15, 0.2) is 6.10 Å². The van der Waals surface area contributed by atoms with Gasteiger partial charge < -0.3 is 19.8 Å². The number of thiazole rings is 1. The predicted molar refractivity (Wildman–Crippen MR) is 62.2 cm³/mol. The average molecular weight is 258 g/mol. The number of ether oxygens (including phenoxy) is 2. The Kier molecular flexibility index (Phi) is 4.29. The minimum atomic E-state index is -0.509. The third kappa shape index (κ3) is 3.65. The van der Waals surface area contributed by atoms with Crippen LogP contribution in [-0.4, -0.2) is 43.4 Å². The summed E-state index contributed by atoms with van der Waals surface area (Å²) in [7, 11) is 0. The molecule has 0 spiro atoms. The summed E-state index contributed by atoms with van der Waals surface area (Å²) in [5, 5.41) is 4.51. The zero-order valence-corrected chi connectivity index (χ0v) is 10.0. The molecule has 1 atom stereocenters. The normalized spacial score (nSPS) is 20.1. The fraction of sp³-hybridized carbons (Fsp3) is 0.600. The van der Waals surface area contributed by atoms with E-state index in [1.165, 1.54) is 0 Å². The summed E-state index contributed by atoms with van der Waals surface area (Å²) in [5.41, 5.74) is 0.834. The maximum absolute atomic E-state index is 11.6. The van der Waals surface area contributed by atoms with E-state index in [2.05, 4.69) is 10.3 Å². The van der Waals surface area contributed by atoms with Gasteiger partial charge in [0.2, 0.25) is 0 Å². The van der Waals surface area contributed by atoms with Crippen molar-refractivity contribution in [2.24, 2.45) is 0 Å². The molecule has 1 amide bonds. The van der Waals surface area contributed by atoms with Gasteiger partial charge in [0.1, 0.15) is 0 Å². The highest BCUT2D eigenvalue weighted by Crippen LogP contribution is 2.01. The van der Waals surface area contributed by atoms with Crippen molar-refractivity contribution in [2.45, 2.75) is 12.5 Å². The van der Waals surface area contributed by atoms with E-state index in [4.69, 9.17) is 9.47 Å². The molecule has 1 aliphatic rings. The van der Waals surface area contributed by atoms with Gasteiger partial charge in [-0.1, -0.05) is 11.3 Å². The van der Waals surface area contributed by atoms with Gasteiger partial charge in [0.25, 0.3) is 5.91 Å². The highest BCUT2D eigenvalue weighted by atomic mass is 32.1. The minimum absolute atomic E-state index is 0.0738. The molecule has 1 aromatic heterocycles. The van der Waals surface area contributed by atoms with Gasteiger partial charge >= 0.3 is 4.87 Å². The van der Waals surface area contributed by atoms with E-state index in [1.807, 2.05) is 0 Å². The SMILES string of the molecule is O=C(NCCc1csc(=O)[nH]1)C1COCCO1. The van der Waals surface area contributed by atoms with E-state index in [9.17, 15) is 9.59 Å². The second kappa shape index (κ2) is 5.95. The van der Waals surface area contributed by atoms with Gasteiger partial charge in [-0.15, -0.1) is 0 Å². The van der Waals surface area contributed by atoms with Crippen molar-refractivity contribution in [1.82, 2.24) is 10.3 Å². The lowest BCUT2D eigenvalue weighted by Gasteiger charge is -2.21. The number of carbonyl (C=O) groups is 1. The first kappa shape index (κ1) is 12.3. The van der Waals surface area contributed by atoms with Gasteiger partial charge in [0.05, 0.1) is 19.8 Å². The zero-order valence-electron chi connectivity index (χ0n) is 9.23. The van der Waals surface area contributed by atoms with Crippen LogP contribution in [0, 0.1) is 0 Å². The van der Waals surface area contributed by atoms with Crippen LogP contribution in [0.5, 0.6) is 0 Å². The van der Waals surface area contributed by atoms with E-state index in [1.54, 1.807) is 5.38 Å². The number of aromatic nitrogens is 1. The molecule has 2 N–H and O–H groups in total. The summed E-state index contributed by atoms with van der Waals surface area (Å²) in [6, 6.07) is 0. The monoisotopic (exact) mass is 258 g/mol. The topological polar surface area (TPSA) is 80.4 Å². The van der Waals surface area contributed by atoms with Crippen molar-refractivity contribution >= 4 is 17.2 Å². The fourth-order valence-electron chi connectivity index (χ4n) is 1.51. The first-order chi connectivity index (χ1) is 8.25. The smallest absolute Gasteiger partial charge is 0.304 e. The molecular formula is C10H14N2O4S. The molecule has 0 bridgehead atoms. The molecule has 0 aromatic carbocycles. The summed E-state index contributed by atoms with van der Waals surface area (Å²) in [5.74, 6) is -0.165. The lowest BCUT2D eigenvalue weighted by Crippen LogP contribution is -2.43. The van der Waals surface area contributed by atoms with Crippen molar-refractivity contribution in [3.63, 3.8) is 0 Å². The van der Waals surface area contributed by atoms with Crippen LogP contribution in [0.15, 0.2) is 10.2 Å². The Bertz CT molecular complexity index is 422. The van der Waals surface area contributed by atoms with Crippen LogP contribution in [0.25, 0.3) is 0 Å². The number of carbonyl (C=O) groups excluding carboxylic acids is 1. The molecule has 1 aromatic rings. The number of aromatic amines is 1. The molecule has 7 heteroatoms. The van der Waals surface area contributed by atoms with Crippen LogP contribution in [0.3, 0.4) is 0 Å². The molecule has 94 valence electrons. The first-order valence-electron chi connectivity index (χ1n) is 5.39. The highest BCUT2D eigenvalue weighted by Gasteiger charge is 2.21. The molecule has 2 heterocycles. The molecule has 1 saturated heterocycles. The summed E-state index contributed by atoms with van der Waals surface area (Å²) in [4.78, 5) is 25.1. The maximum atomic E-state index is 11.6. The van der Waals surface area contributed by atoms with Crippen LogP contribution in [0.4, 0.5) is 0 Å². The second-order valence-electron chi connectivity index (χ2n) is 3.65. The van der Waals surface area contributed by atoms with Crippen LogP contribution in [0.1, 0.15) is 5.69 Å². The maximum Gasteiger partial charge on any atom is 0.304 e. The summed E-state index contributed by atoms with van der Waals surface area (Å²) in [6.07, 6.45) is 0.100. The molecule has 6 nitrogen and oxygen atoms in total. The van der Waals surface area contributed by atoms with Crippen molar-refractivity contribution in [2.75, 3.05) is 26.4 Å². The van der Waals surface area contributed by atoms with Crippen LogP contribution >= 0.6 is 11.3 Å². The van der Waals surface area contributed by atoms with Crippen molar-refractivity contribution in [1.29, 1.82) is 0 Å². The molecule has 17 heavy (non-hydrogen) atoms. The lowest BCUT2D eigenvalue weighted by atomic mass is 10.3. The lowest BCUT2D eigenvalue weighted by molar-refractivity contribution is -0.147. The molecular weight excluding hydrogens is 244 g/mol. The van der Waals surface area contributed by atoms with E-state index < -0.39 is 6.10 Å². The molecule has 1 unspecified atom stereocenters. The van der Waals surface area contributed by atoms with E-state index >= 15 is 0 Å². The zero-order chi connectivity index (χ0) is 12.1. The van der Waals surface area contributed by atoms with Gasteiger partial charge in [0, 0.05) is 24.0 Å². The van der Waals surface area contributed by atoms with E-state index in [0.29, 0.717) is 32.8 Å². The number of rotatable bonds is 4. The molecule has 0 aliphatic carbocycles. The number of hydrogen-bond donors (Lipinski definition) is 2. The largest absolute Gasteiger partial charge is 0.376 e. The Morgan fingerprint density at radius 3 is 3.12 bits per heavy atom. The highest BCUT2D eigenvalue weighted by molar-refractivity contribution is 7.07. The number of amides is 1. The Hall–Kier alpha value is -1.18. The van der Waals surface area contributed by atoms with Gasteiger partial charge in [-0.05, 0) is 0 Å². The van der Waals surface area contributed by atoms with Crippen molar-refractivity contribution < 1.29 is 14.3 Å². The summed E-state index contributed by atoms with van der Waals surface area (Å²) in [6.45, 7) is 1.78. The summed E-state index contributed by atoms with van der Waals surface area (Å²) >= 11 is 1.12. The predicted octanol–water partition coefficient (Wildman–Crippen LogP) is -0.490. The van der Waals surface area contributed by atoms with Crippen molar-refractivity contribution in [3.05, 3.63) is 20.7 Å². The Labute approximate surface area is 102 Å². The van der Waals surface area contributed by atoms with Crippen LogP contribution < -0.4 is 10.2 Å². The minimum Gasteiger partial charge on any atom is -0.376 e. The van der Waals surface area contributed by atoms with Gasteiger partial charge in [-0.3, -0.25) is 9.59 Å².